The minimum Gasteiger partial charge on any atom is -0.461 e. The van der Waals surface area contributed by atoms with Crippen molar-refractivity contribution in [2.45, 2.75) is 13.1 Å². The van der Waals surface area contributed by atoms with Gasteiger partial charge in [0.05, 0.1) is 11.1 Å². The van der Waals surface area contributed by atoms with Crippen LogP contribution in [0.15, 0.2) is 23.1 Å². The molecule has 0 bridgehead atoms. The molecule has 7 nitrogen and oxygen atoms in total. The van der Waals surface area contributed by atoms with E-state index in [4.69, 9.17) is 4.74 Å². The first-order chi connectivity index (χ1) is 11.7. The zero-order valence-corrected chi connectivity index (χ0v) is 14.6. The standard InChI is InChI=1S/C14H11BrF3N5O2/c1-3-25-13(24)12-10(15)11(21-22(12)2)7-5-23-6-19-8(14(16,17)18)4-9(23)20-7/h4-6H,3H2,1-2H3. The van der Waals surface area contributed by atoms with Crippen molar-refractivity contribution in [1.82, 2.24) is 24.1 Å². The Bertz CT molecular complexity index is 963. The highest BCUT2D eigenvalue weighted by molar-refractivity contribution is 9.10. The quantitative estimate of drug-likeness (QED) is 0.612. The third kappa shape index (κ3) is 3.11. The molecule has 25 heavy (non-hydrogen) atoms. The second-order valence-electron chi connectivity index (χ2n) is 5.02. The smallest absolute Gasteiger partial charge is 0.433 e. The molecule has 11 heteroatoms. The average Bonchev–Trinajstić information content (AvgIpc) is 3.06. The van der Waals surface area contributed by atoms with Crippen LogP contribution < -0.4 is 0 Å². The molecule has 0 aliphatic heterocycles. The predicted molar refractivity (Wildman–Crippen MR) is 83.8 cm³/mol. The van der Waals surface area contributed by atoms with Crippen LogP contribution in [0.1, 0.15) is 23.1 Å². The molecule has 0 N–H and O–H groups in total. The minimum absolute atomic E-state index is 0.0626. The molecule has 0 amide bonds. The lowest BCUT2D eigenvalue weighted by molar-refractivity contribution is -0.141. The summed E-state index contributed by atoms with van der Waals surface area (Å²) in [4.78, 5) is 19.5. The second-order valence-corrected chi connectivity index (χ2v) is 5.81. The molecule has 0 fully saturated rings. The zero-order valence-electron chi connectivity index (χ0n) is 13.0. The summed E-state index contributed by atoms with van der Waals surface area (Å²) in [6.07, 6.45) is -2.06. The molecule has 0 unspecified atom stereocenters. The Morgan fingerprint density at radius 1 is 1.40 bits per heavy atom. The summed E-state index contributed by atoms with van der Waals surface area (Å²) >= 11 is 3.28. The number of esters is 1. The van der Waals surface area contributed by atoms with Gasteiger partial charge in [0.25, 0.3) is 0 Å². The number of fused-ring (bicyclic) bond motifs is 1. The van der Waals surface area contributed by atoms with Crippen molar-refractivity contribution in [3.05, 3.63) is 34.5 Å². The molecular weight excluding hydrogens is 407 g/mol. The molecule has 3 rings (SSSR count). The number of imidazole rings is 1. The number of ether oxygens (including phenoxy) is 1. The van der Waals surface area contributed by atoms with E-state index in [0.717, 1.165) is 12.4 Å². The number of hydrogen-bond donors (Lipinski definition) is 0. The molecule has 0 radical (unpaired) electrons. The van der Waals surface area contributed by atoms with Crippen molar-refractivity contribution in [1.29, 1.82) is 0 Å². The van der Waals surface area contributed by atoms with Crippen molar-refractivity contribution in [2.75, 3.05) is 6.61 Å². The predicted octanol–water partition coefficient (Wildman–Crippen LogP) is 3.09. The van der Waals surface area contributed by atoms with Gasteiger partial charge in [0.15, 0.2) is 5.69 Å². The van der Waals surface area contributed by atoms with E-state index in [-0.39, 0.29) is 17.9 Å². The first-order valence-corrected chi connectivity index (χ1v) is 7.83. The van der Waals surface area contributed by atoms with E-state index in [1.807, 2.05) is 0 Å². The van der Waals surface area contributed by atoms with Crippen LogP contribution in [0.4, 0.5) is 13.2 Å². The summed E-state index contributed by atoms with van der Waals surface area (Å²) in [5.74, 6) is -0.569. The third-order valence-corrected chi connectivity index (χ3v) is 4.09. The first kappa shape index (κ1) is 17.4. The Labute approximate surface area is 147 Å². The molecule has 132 valence electrons. The molecule has 3 aromatic rings. The van der Waals surface area contributed by atoms with E-state index in [1.165, 1.54) is 15.3 Å². The molecule has 0 spiro atoms. The van der Waals surface area contributed by atoms with Crippen molar-refractivity contribution in [2.24, 2.45) is 7.05 Å². The Kier molecular flexibility index (Phi) is 4.27. The molecule has 3 heterocycles. The number of aromatic nitrogens is 5. The van der Waals surface area contributed by atoms with Crippen LogP contribution >= 0.6 is 15.9 Å². The van der Waals surface area contributed by atoms with E-state index in [9.17, 15) is 18.0 Å². The summed E-state index contributed by atoms with van der Waals surface area (Å²) in [6, 6.07) is 0.840. The summed E-state index contributed by atoms with van der Waals surface area (Å²) in [7, 11) is 1.56. The van der Waals surface area contributed by atoms with Gasteiger partial charge in [-0.25, -0.2) is 14.8 Å². The van der Waals surface area contributed by atoms with Gasteiger partial charge < -0.3 is 4.74 Å². The van der Waals surface area contributed by atoms with Crippen LogP contribution in [-0.4, -0.2) is 36.7 Å². The second kappa shape index (κ2) is 6.14. The minimum atomic E-state index is -4.56. The van der Waals surface area contributed by atoms with Gasteiger partial charge in [-0.15, -0.1) is 0 Å². The fourth-order valence-electron chi connectivity index (χ4n) is 2.24. The number of nitrogens with zero attached hydrogens (tertiary/aromatic N) is 5. The Balaban J connectivity index is 2.08. The highest BCUT2D eigenvalue weighted by atomic mass is 79.9. The molecule has 3 aromatic heterocycles. The Hall–Kier alpha value is -2.43. The Morgan fingerprint density at radius 3 is 2.76 bits per heavy atom. The molecule has 0 atom stereocenters. The van der Waals surface area contributed by atoms with Crippen LogP contribution in [0.25, 0.3) is 17.0 Å². The van der Waals surface area contributed by atoms with Crippen molar-refractivity contribution in [3.8, 4) is 11.4 Å². The van der Waals surface area contributed by atoms with Gasteiger partial charge in [-0.2, -0.15) is 18.3 Å². The number of rotatable bonds is 3. The van der Waals surface area contributed by atoms with Crippen LogP contribution in [0.2, 0.25) is 0 Å². The lowest BCUT2D eigenvalue weighted by Gasteiger charge is -2.04. The largest absolute Gasteiger partial charge is 0.461 e. The van der Waals surface area contributed by atoms with Gasteiger partial charge in [0, 0.05) is 19.3 Å². The SMILES string of the molecule is CCOC(=O)c1c(Br)c(-c2cn3cnc(C(F)(F)F)cc3n2)nn1C. The summed E-state index contributed by atoms with van der Waals surface area (Å²) in [5, 5.41) is 4.20. The summed E-state index contributed by atoms with van der Waals surface area (Å²) in [6.45, 7) is 1.88. The van der Waals surface area contributed by atoms with Gasteiger partial charge in [0.2, 0.25) is 0 Å². The lowest BCUT2D eigenvalue weighted by Crippen LogP contribution is -2.10. The van der Waals surface area contributed by atoms with Crippen LogP contribution in [0, 0.1) is 0 Å². The highest BCUT2D eigenvalue weighted by Crippen LogP contribution is 2.32. The summed E-state index contributed by atoms with van der Waals surface area (Å²) < 4.78 is 46.2. The number of alkyl halides is 3. The van der Waals surface area contributed by atoms with Gasteiger partial charge in [-0.3, -0.25) is 9.08 Å². The number of aryl methyl sites for hydroxylation is 1. The molecule has 0 aliphatic rings. The van der Waals surface area contributed by atoms with Crippen molar-refractivity contribution < 1.29 is 22.7 Å². The lowest BCUT2D eigenvalue weighted by atomic mass is 10.3. The van der Waals surface area contributed by atoms with Crippen LogP contribution in [-0.2, 0) is 18.0 Å². The van der Waals surface area contributed by atoms with Gasteiger partial charge in [-0.1, -0.05) is 0 Å². The van der Waals surface area contributed by atoms with E-state index < -0.39 is 17.8 Å². The normalized spacial score (nSPS) is 11.9. The van der Waals surface area contributed by atoms with Crippen LogP contribution in [0.3, 0.4) is 0 Å². The van der Waals surface area contributed by atoms with Crippen LogP contribution in [0.5, 0.6) is 0 Å². The summed E-state index contributed by atoms with van der Waals surface area (Å²) in [5.41, 5.74) is -0.193. The van der Waals surface area contributed by atoms with Crippen molar-refractivity contribution >= 4 is 27.5 Å². The topological polar surface area (TPSA) is 74.3 Å². The number of halogens is 4. The van der Waals surface area contributed by atoms with Gasteiger partial charge in [0.1, 0.15) is 29.1 Å². The highest BCUT2D eigenvalue weighted by Gasteiger charge is 2.33. The zero-order chi connectivity index (χ0) is 18.4. The number of carbonyl (C=O) groups is 1. The van der Waals surface area contributed by atoms with Crippen molar-refractivity contribution in [3.63, 3.8) is 0 Å². The fraction of sp³-hybridized carbons (Fsp3) is 0.286. The average molecular weight is 418 g/mol. The van der Waals surface area contributed by atoms with E-state index in [1.54, 1.807) is 14.0 Å². The maximum Gasteiger partial charge on any atom is 0.433 e. The number of carbonyl (C=O) groups excluding carboxylic acids is 1. The maximum absolute atomic E-state index is 12.8. The van der Waals surface area contributed by atoms with Gasteiger partial charge >= 0.3 is 12.1 Å². The first-order valence-electron chi connectivity index (χ1n) is 7.04. The third-order valence-electron chi connectivity index (χ3n) is 3.34. The number of hydrogen-bond acceptors (Lipinski definition) is 5. The molecule has 0 saturated carbocycles. The maximum atomic E-state index is 12.8. The molecule has 0 aromatic carbocycles. The fourth-order valence-corrected chi connectivity index (χ4v) is 2.94. The van der Waals surface area contributed by atoms with E-state index >= 15 is 0 Å². The van der Waals surface area contributed by atoms with E-state index in [0.29, 0.717) is 15.9 Å². The molecule has 0 aliphatic carbocycles. The Morgan fingerprint density at radius 2 is 2.12 bits per heavy atom. The van der Waals surface area contributed by atoms with Gasteiger partial charge in [-0.05, 0) is 22.9 Å². The molecular formula is C14H11BrF3N5O2. The van der Waals surface area contributed by atoms with E-state index in [2.05, 4.69) is 31.0 Å². The molecule has 0 saturated heterocycles. The monoisotopic (exact) mass is 417 g/mol.